The minimum atomic E-state index is -2.61. The highest BCUT2D eigenvalue weighted by molar-refractivity contribution is 5.96. The van der Waals surface area contributed by atoms with Crippen molar-refractivity contribution in [3.05, 3.63) is 20.2 Å². The molecule has 0 heterocycles. The number of ketones is 2. The van der Waals surface area contributed by atoms with E-state index < -0.39 is 50.7 Å². The Morgan fingerprint density at radius 2 is 1.28 bits per heavy atom. The van der Waals surface area contributed by atoms with Crippen LogP contribution in [0.3, 0.4) is 0 Å². The van der Waals surface area contributed by atoms with Crippen molar-refractivity contribution in [1.29, 1.82) is 0 Å². The molecule has 4 fully saturated rings. The van der Waals surface area contributed by atoms with Crippen LogP contribution in [0.15, 0.2) is 0 Å². The number of hydrogen-bond donors (Lipinski definition) is 0. The van der Waals surface area contributed by atoms with E-state index >= 15 is 0 Å². The Bertz CT molecular complexity index is 457. The molecule has 0 saturated heterocycles. The van der Waals surface area contributed by atoms with Crippen molar-refractivity contribution in [3.63, 3.8) is 0 Å². The lowest BCUT2D eigenvalue weighted by Gasteiger charge is -2.48. The van der Waals surface area contributed by atoms with Gasteiger partial charge in [0.05, 0.1) is 9.85 Å². The van der Waals surface area contributed by atoms with Gasteiger partial charge in [0.15, 0.2) is 23.4 Å². The van der Waals surface area contributed by atoms with E-state index in [1.165, 1.54) is 0 Å². The van der Waals surface area contributed by atoms with Gasteiger partial charge in [-0.05, 0) is 19.3 Å². The summed E-state index contributed by atoms with van der Waals surface area (Å²) in [5.41, 5.74) is -2.61. The number of rotatable bonds is 2. The first-order chi connectivity index (χ1) is 8.40. The van der Waals surface area contributed by atoms with Crippen molar-refractivity contribution >= 4 is 11.6 Å². The smallest absolute Gasteiger partial charge is 0.298 e. The van der Waals surface area contributed by atoms with Gasteiger partial charge < -0.3 is 0 Å². The second kappa shape index (κ2) is 3.12. The fraction of sp³-hybridized carbons (Fsp3) is 0.800. The Balaban J connectivity index is 2.20. The largest absolute Gasteiger partial charge is 0.477 e. The Kier molecular flexibility index (Phi) is 1.95. The van der Waals surface area contributed by atoms with Crippen LogP contribution in [0.1, 0.15) is 19.3 Å². The average molecular weight is 254 g/mol. The van der Waals surface area contributed by atoms with Crippen LogP contribution >= 0.6 is 0 Å². The van der Waals surface area contributed by atoms with Crippen LogP contribution in [0.2, 0.25) is 0 Å². The van der Waals surface area contributed by atoms with Gasteiger partial charge in [-0.3, -0.25) is 29.8 Å². The zero-order chi connectivity index (χ0) is 13.2. The highest BCUT2D eigenvalue weighted by atomic mass is 16.7. The van der Waals surface area contributed by atoms with E-state index in [9.17, 15) is 29.8 Å². The summed E-state index contributed by atoms with van der Waals surface area (Å²) in [5.74, 6) is -4.06. The number of Topliss-reactive ketones (excluding diaryl/α,β-unsaturated/α-hetero) is 2. The summed E-state index contributed by atoms with van der Waals surface area (Å²) < 4.78 is 0. The van der Waals surface area contributed by atoms with Crippen molar-refractivity contribution in [2.75, 3.05) is 0 Å². The third-order valence-electron chi connectivity index (χ3n) is 4.71. The summed E-state index contributed by atoms with van der Waals surface area (Å²) in [6, 6.07) is 0. The van der Waals surface area contributed by atoms with Gasteiger partial charge in [-0.2, -0.15) is 0 Å². The molecular weight excluding hydrogens is 244 g/mol. The molecule has 8 heteroatoms. The maximum absolute atomic E-state index is 12.0. The fourth-order valence-corrected chi connectivity index (χ4v) is 3.96. The number of nitrogens with zero attached hydrogens (tertiary/aromatic N) is 2. The van der Waals surface area contributed by atoms with Crippen molar-refractivity contribution < 1.29 is 19.4 Å². The molecule has 8 nitrogen and oxygen atoms in total. The van der Waals surface area contributed by atoms with Crippen LogP contribution in [-0.2, 0) is 9.59 Å². The summed E-state index contributed by atoms with van der Waals surface area (Å²) in [7, 11) is 0. The van der Waals surface area contributed by atoms with Crippen LogP contribution in [-0.4, -0.2) is 27.1 Å². The monoisotopic (exact) mass is 254 g/mol. The molecule has 18 heavy (non-hydrogen) atoms. The van der Waals surface area contributed by atoms with Crippen molar-refractivity contribution in [3.8, 4) is 0 Å². The third kappa shape index (κ3) is 0.971. The fourth-order valence-electron chi connectivity index (χ4n) is 3.96. The maximum Gasteiger partial charge on any atom is 0.477 e. The zero-order valence-electron chi connectivity index (χ0n) is 9.27. The van der Waals surface area contributed by atoms with E-state index in [0.717, 1.165) is 0 Å². The van der Waals surface area contributed by atoms with Gasteiger partial charge in [-0.15, -0.1) is 0 Å². The van der Waals surface area contributed by atoms with Gasteiger partial charge in [-0.1, -0.05) is 0 Å². The molecule has 0 radical (unpaired) electrons. The standard InChI is InChI=1S/C10H10N2O6/c13-8-4-1-5-3-7(8)10(11(15)16,12(17)18)6(2-4)9(5)14/h4-7H,1-3H2/t4-,5-,6-,7-/m0/s1. The Labute approximate surface area is 101 Å². The number of hydrogen-bond acceptors (Lipinski definition) is 6. The van der Waals surface area contributed by atoms with Crippen molar-refractivity contribution in [2.24, 2.45) is 23.7 Å². The molecule has 4 rings (SSSR count). The van der Waals surface area contributed by atoms with Gasteiger partial charge in [0.25, 0.3) is 0 Å². The third-order valence-corrected chi connectivity index (χ3v) is 4.71. The summed E-state index contributed by atoms with van der Waals surface area (Å²) >= 11 is 0. The SMILES string of the molecule is O=C1[C@H]2C[C@H]3C[C@@H]1C([N+](=O)[O-])([N+](=O)[O-])[C@@H](C2)C3=O. The molecule has 0 aromatic carbocycles. The van der Waals surface area contributed by atoms with E-state index in [1.54, 1.807) is 0 Å². The predicted molar refractivity (Wildman–Crippen MR) is 54.5 cm³/mol. The molecule has 0 N–H and O–H groups in total. The predicted octanol–water partition coefficient (Wildman–Crippen LogP) is 0.0502. The highest BCUT2D eigenvalue weighted by Crippen LogP contribution is 2.56. The molecule has 0 aromatic heterocycles. The second-order valence-corrected chi connectivity index (χ2v) is 5.31. The summed E-state index contributed by atoms with van der Waals surface area (Å²) in [6.07, 6.45) is 0.343. The molecule has 4 bridgehead atoms. The van der Waals surface area contributed by atoms with Crippen LogP contribution in [0.5, 0.6) is 0 Å². The average Bonchev–Trinajstić information content (AvgIpc) is 2.26. The van der Waals surface area contributed by atoms with Gasteiger partial charge in [0.1, 0.15) is 0 Å². The molecule has 0 aromatic rings. The zero-order valence-corrected chi connectivity index (χ0v) is 9.27. The molecule has 96 valence electrons. The Morgan fingerprint density at radius 1 is 0.889 bits per heavy atom. The molecule has 0 aliphatic heterocycles. The highest BCUT2D eigenvalue weighted by Gasteiger charge is 2.80. The normalized spacial score (nSPS) is 40.0. The number of nitro groups is 2. The van der Waals surface area contributed by atoms with Crippen molar-refractivity contribution in [2.45, 2.75) is 24.9 Å². The first-order valence-electron chi connectivity index (χ1n) is 5.77. The molecule has 0 amide bonds. The summed E-state index contributed by atoms with van der Waals surface area (Å²) in [4.78, 5) is 44.3. The summed E-state index contributed by atoms with van der Waals surface area (Å²) in [5, 5.41) is 22.4. The molecule has 0 unspecified atom stereocenters. The lowest BCUT2D eigenvalue weighted by molar-refractivity contribution is -0.814. The summed E-state index contributed by atoms with van der Waals surface area (Å²) in [6.45, 7) is 0. The van der Waals surface area contributed by atoms with Gasteiger partial charge in [0.2, 0.25) is 0 Å². The minimum absolute atomic E-state index is 0.0351. The van der Waals surface area contributed by atoms with E-state index in [0.29, 0.717) is 6.42 Å². The van der Waals surface area contributed by atoms with Gasteiger partial charge >= 0.3 is 5.66 Å². The molecule has 0 spiro atoms. The number of carbonyl (C=O) groups is 2. The second-order valence-electron chi connectivity index (χ2n) is 5.31. The van der Waals surface area contributed by atoms with Gasteiger partial charge in [-0.25, -0.2) is 0 Å². The van der Waals surface area contributed by atoms with Crippen LogP contribution in [0.25, 0.3) is 0 Å². The number of carbonyl (C=O) groups excluding carboxylic acids is 2. The van der Waals surface area contributed by atoms with Crippen LogP contribution in [0, 0.1) is 43.9 Å². The minimum Gasteiger partial charge on any atom is -0.298 e. The maximum atomic E-state index is 12.0. The Morgan fingerprint density at radius 3 is 1.61 bits per heavy atom. The van der Waals surface area contributed by atoms with E-state index in [2.05, 4.69) is 0 Å². The van der Waals surface area contributed by atoms with E-state index in [-0.39, 0.29) is 12.8 Å². The first kappa shape index (κ1) is 11.2. The van der Waals surface area contributed by atoms with Gasteiger partial charge in [0, 0.05) is 11.8 Å². The lowest BCUT2D eigenvalue weighted by atomic mass is 9.50. The van der Waals surface area contributed by atoms with Crippen molar-refractivity contribution in [1.82, 2.24) is 0 Å². The topological polar surface area (TPSA) is 120 Å². The molecular formula is C10H10N2O6. The molecule has 4 atom stereocenters. The van der Waals surface area contributed by atoms with Crippen LogP contribution < -0.4 is 0 Å². The lowest BCUT2D eigenvalue weighted by Crippen LogP contribution is -2.72. The molecule has 4 saturated carbocycles. The molecule has 4 aliphatic carbocycles. The van der Waals surface area contributed by atoms with Crippen LogP contribution in [0.4, 0.5) is 0 Å². The quantitative estimate of drug-likeness (QED) is 0.390. The molecule has 4 aliphatic rings. The first-order valence-corrected chi connectivity index (χ1v) is 5.77. The Hall–Kier alpha value is -1.86. The van der Waals surface area contributed by atoms with E-state index in [4.69, 9.17) is 0 Å². The van der Waals surface area contributed by atoms with E-state index in [1.807, 2.05) is 0 Å².